The number of carbonyl (C=O) groups is 3. The van der Waals surface area contributed by atoms with E-state index in [0.29, 0.717) is 22.4 Å². The zero-order valence-corrected chi connectivity index (χ0v) is 13.4. The Hall–Kier alpha value is -2.60. The first-order valence-electron chi connectivity index (χ1n) is 6.93. The highest BCUT2D eigenvalue weighted by atomic mass is 32.2. The van der Waals surface area contributed by atoms with Crippen molar-refractivity contribution in [3.63, 3.8) is 0 Å². The van der Waals surface area contributed by atoms with E-state index in [1.54, 1.807) is 36.0 Å². The molecule has 6 heteroatoms. The highest BCUT2D eigenvalue weighted by Crippen LogP contribution is 2.25. The fourth-order valence-electron chi connectivity index (χ4n) is 2.38. The van der Waals surface area contributed by atoms with E-state index in [9.17, 15) is 14.4 Å². The molecule has 2 aromatic carbocycles. The van der Waals surface area contributed by atoms with Crippen molar-refractivity contribution in [1.82, 2.24) is 4.90 Å². The summed E-state index contributed by atoms with van der Waals surface area (Å²) < 4.78 is 0. The van der Waals surface area contributed by atoms with Gasteiger partial charge >= 0.3 is 0 Å². The molecule has 0 aromatic heterocycles. The van der Waals surface area contributed by atoms with Gasteiger partial charge in [0.1, 0.15) is 0 Å². The van der Waals surface area contributed by atoms with Gasteiger partial charge in [-0.1, -0.05) is 0 Å². The minimum Gasteiger partial charge on any atom is -0.322 e. The summed E-state index contributed by atoms with van der Waals surface area (Å²) in [6.45, 7) is 0. The van der Waals surface area contributed by atoms with Crippen LogP contribution in [0.15, 0.2) is 47.4 Å². The van der Waals surface area contributed by atoms with Gasteiger partial charge in [0.15, 0.2) is 0 Å². The standard InChI is InChI=1S/C17H14N2O3S/c1-19-16(21)13-8-5-11(9-14(13)17(19)22)18-15(20)10-3-6-12(23-2)7-4-10/h3-9H,1-2H3,(H,18,20). The van der Waals surface area contributed by atoms with Gasteiger partial charge in [-0.25, -0.2) is 0 Å². The first kappa shape index (κ1) is 15.3. The number of hydrogen-bond donors (Lipinski definition) is 1. The van der Waals surface area contributed by atoms with Gasteiger partial charge < -0.3 is 5.32 Å². The van der Waals surface area contributed by atoms with E-state index in [1.165, 1.54) is 13.1 Å². The van der Waals surface area contributed by atoms with E-state index in [4.69, 9.17) is 0 Å². The molecule has 1 N–H and O–H groups in total. The zero-order chi connectivity index (χ0) is 16.6. The van der Waals surface area contributed by atoms with Crippen LogP contribution in [0.3, 0.4) is 0 Å². The van der Waals surface area contributed by atoms with Gasteiger partial charge in [-0.05, 0) is 48.7 Å². The summed E-state index contributed by atoms with van der Waals surface area (Å²) in [7, 11) is 1.44. The van der Waals surface area contributed by atoms with Crippen molar-refractivity contribution in [2.24, 2.45) is 0 Å². The molecule has 0 atom stereocenters. The molecule has 1 aliphatic heterocycles. The Morgan fingerprint density at radius 2 is 1.65 bits per heavy atom. The molecule has 5 nitrogen and oxygen atoms in total. The number of rotatable bonds is 3. The summed E-state index contributed by atoms with van der Waals surface area (Å²) in [5.74, 6) is -0.941. The Balaban J connectivity index is 1.82. The third-order valence-electron chi connectivity index (χ3n) is 3.70. The molecular weight excluding hydrogens is 312 g/mol. The van der Waals surface area contributed by atoms with Crippen LogP contribution in [0.5, 0.6) is 0 Å². The van der Waals surface area contributed by atoms with Crippen molar-refractivity contribution in [3.8, 4) is 0 Å². The van der Waals surface area contributed by atoms with Crippen molar-refractivity contribution in [2.75, 3.05) is 18.6 Å². The first-order chi connectivity index (χ1) is 11.0. The SMILES string of the molecule is CSc1ccc(C(=O)Nc2ccc3c(c2)C(=O)N(C)C3=O)cc1. The van der Waals surface area contributed by atoms with Crippen LogP contribution in [0.1, 0.15) is 31.1 Å². The highest BCUT2D eigenvalue weighted by Gasteiger charge is 2.32. The van der Waals surface area contributed by atoms with Crippen LogP contribution in [-0.4, -0.2) is 35.9 Å². The van der Waals surface area contributed by atoms with Crippen LogP contribution in [-0.2, 0) is 0 Å². The van der Waals surface area contributed by atoms with Gasteiger partial charge in [0, 0.05) is 23.2 Å². The van der Waals surface area contributed by atoms with Crippen molar-refractivity contribution in [2.45, 2.75) is 4.90 Å². The Morgan fingerprint density at radius 1 is 1.00 bits per heavy atom. The summed E-state index contributed by atoms with van der Waals surface area (Å²) in [4.78, 5) is 38.2. The topological polar surface area (TPSA) is 66.5 Å². The molecule has 23 heavy (non-hydrogen) atoms. The number of hydrogen-bond acceptors (Lipinski definition) is 4. The van der Waals surface area contributed by atoms with Crippen LogP contribution in [0.25, 0.3) is 0 Å². The number of nitrogens with one attached hydrogen (secondary N) is 1. The molecule has 1 heterocycles. The van der Waals surface area contributed by atoms with Crippen LogP contribution in [0.4, 0.5) is 5.69 Å². The van der Waals surface area contributed by atoms with E-state index in [1.807, 2.05) is 18.4 Å². The van der Waals surface area contributed by atoms with Crippen LogP contribution < -0.4 is 5.32 Å². The molecule has 3 amide bonds. The maximum atomic E-state index is 12.2. The van der Waals surface area contributed by atoms with Crippen LogP contribution in [0.2, 0.25) is 0 Å². The second-order valence-electron chi connectivity index (χ2n) is 5.11. The molecule has 0 radical (unpaired) electrons. The van der Waals surface area contributed by atoms with Crippen molar-refractivity contribution < 1.29 is 14.4 Å². The number of fused-ring (bicyclic) bond motifs is 1. The summed E-state index contributed by atoms with van der Waals surface area (Å²) in [5.41, 5.74) is 1.69. The number of anilines is 1. The smallest absolute Gasteiger partial charge is 0.261 e. The number of benzene rings is 2. The molecule has 0 bridgehead atoms. The van der Waals surface area contributed by atoms with E-state index in [0.717, 1.165) is 9.80 Å². The second-order valence-corrected chi connectivity index (χ2v) is 5.99. The number of imide groups is 1. The lowest BCUT2D eigenvalue weighted by molar-refractivity contribution is 0.0692. The summed E-state index contributed by atoms with van der Waals surface area (Å²) in [5, 5.41) is 2.75. The lowest BCUT2D eigenvalue weighted by atomic mass is 10.1. The minimum atomic E-state index is -0.356. The zero-order valence-electron chi connectivity index (χ0n) is 12.6. The van der Waals surface area contributed by atoms with Gasteiger partial charge in [0.05, 0.1) is 11.1 Å². The Morgan fingerprint density at radius 3 is 2.30 bits per heavy atom. The number of amides is 3. The third kappa shape index (κ3) is 2.73. The molecule has 116 valence electrons. The molecular formula is C17H14N2O3S. The molecule has 0 unspecified atom stereocenters. The maximum Gasteiger partial charge on any atom is 0.261 e. The predicted octanol–water partition coefficient (Wildman–Crippen LogP) is 2.89. The normalized spacial score (nSPS) is 13.2. The lowest BCUT2D eigenvalue weighted by Gasteiger charge is -2.07. The van der Waals surface area contributed by atoms with E-state index in [2.05, 4.69) is 5.32 Å². The van der Waals surface area contributed by atoms with Gasteiger partial charge in [-0.15, -0.1) is 11.8 Å². The largest absolute Gasteiger partial charge is 0.322 e. The number of carbonyl (C=O) groups excluding carboxylic acids is 3. The first-order valence-corrected chi connectivity index (χ1v) is 8.15. The molecule has 0 fully saturated rings. The lowest BCUT2D eigenvalue weighted by Crippen LogP contribution is -2.24. The molecule has 0 saturated heterocycles. The molecule has 0 spiro atoms. The molecule has 0 aliphatic carbocycles. The quantitative estimate of drug-likeness (QED) is 0.696. The maximum absolute atomic E-state index is 12.2. The minimum absolute atomic E-state index is 0.261. The average Bonchev–Trinajstić information content (AvgIpc) is 2.79. The summed E-state index contributed by atoms with van der Waals surface area (Å²) in [6.07, 6.45) is 1.97. The second kappa shape index (κ2) is 5.89. The van der Waals surface area contributed by atoms with Crippen LogP contribution >= 0.6 is 11.8 Å². The van der Waals surface area contributed by atoms with E-state index >= 15 is 0 Å². The predicted molar refractivity (Wildman–Crippen MR) is 89.0 cm³/mol. The van der Waals surface area contributed by atoms with Crippen molar-refractivity contribution >= 4 is 35.2 Å². The average molecular weight is 326 g/mol. The van der Waals surface area contributed by atoms with E-state index < -0.39 is 0 Å². The Labute approximate surface area is 137 Å². The van der Waals surface area contributed by atoms with Crippen molar-refractivity contribution in [3.05, 3.63) is 59.2 Å². The summed E-state index contributed by atoms with van der Waals surface area (Å²) >= 11 is 1.60. The van der Waals surface area contributed by atoms with Gasteiger partial charge in [0.2, 0.25) is 0 Å². The van der Waals surface area contributed by atoms with Crippen LogP contribution in [0, 0.1) is 0 Å². The highest BCUT2D eigenvalue weighted by molar-refractivity contribution is 7.98. The monoisotopic (exact) mass is 326 g/mol. The van der Waals surface area contributed by atoms with Gasteiger partial charge in [-0.2, -0.15) is 0 Å². The Bertz CT molecular complexity index is 815. The Kier molecular flexibility index (Phi) is 3.92. The fraction of sp³-hybridized carbons (Fsp3) is 0.118. The van der Waals surface area contributed by atoms with Gasteiger partial charge in [0.25, 0.3) is 17.7 Å². The molecule has 1 aliphatic rings. The van der Waals surface area contributed by atoms with Crippen molar-refractivity contribution in [1.29, 1.82) is 0 Å². The molecule has 2 aromatic rings. The summed E-state index contributed by atoms with van der Waals surface area (Å²) in [6, 6.07) is 12.0. The van der Waals surface area contributed by atoms with Gasteiger partial charge in [-0.3, -0.25) is 19.3 Å². The number of thioether (sulfide) groups is 1. The third-order valence-corrected chi connectivity index (χ3v) is 4.44. The fourth-order valence-corrected chi connectivity index (χ4v) is 2.79. The molecule has 3 rings (SSSR count). The number of nitrogens with zero attached hydrogens (tertiary/aromatic N) is 1. The molecule has 0 saturated carbocycles. The van der Waals surface area contributed by atoms with E-state index in [-0.39, 0.29) is 17.7 Å².